The molecule has 0 spiro atoms. The zero-order chi connectivity index (χ0) is 20.1. The number of halogens is 1. The number of carboxylic acid groups (broad SMARTS) is 1. The van der Waals surface area contributed by atoms with E-state index < -0.39 is 11.5 Å². The first kappa shape index (κ1) is 20.0. The van der Waals surface area contributed by atoms with Crippen LogP contribution in [-0.4, -0.2) is 32.7 Å². The van der Waals surface area contributed by atoms with Gasteiger partial charge in [0, 0.05) is 18.4 Å². The Morgan fingerprint density at radius 3 is 2.61 bits per heavy atom. The van der Waals surface area contributed by atoms with Crippen LogP contribution in [0.2, 0.25) is 0 Å². The monoisotopic (exact) mass is 389 g/mol. The summed E-state index contributed by atoms with van der Waals surface area (Å²) in [5, 5.41) is 16.2. The van der Waals surface area contributed by atoms with Gasteiger partial charge in [0.05, 0.1) is 0 Å². The number of carbonyl (C=O) groups is 2. The van der Waals surface area contributed by atoms with Gasteiger partial charge in [-0.15, -0.1) is 0 Å². The Balaban J connectivity index is 1.60. The van der Waals surface area contributed by atoms with E-state index in [1.165, 1.54) is 6.07 Å². The third-order valence-electron chi connectivity index (χ3n) is 5.20. The van der Waals surface area contributed by atoms with Gasteiger partial charge in [-0.3, -0.25) is 4.79 Å². The molecule has 1 amide bonds. The fraction of sp³-hybridized carbons (Fsp3) is 0.500. The van der Waals surface area contributed by atoms with E-state index in [0.29, 0.717) is 29.8 Å². The summed E-state index contributed by atoms with van der Waals surface area (Å²) in [6.07, 6.45) is 4.70. The topological polar surface area (TPSA) is 105 Å². The van der Waals surface area contributed by atoms with Gasteiger partial charge < -0.3 is 14.9 Å². The van der Waals surface area contributed by atoms with Gasteiger partial charge in [-0.25, -0.2) is 9.18 Å². The molecule has 2 N–H and O–H groups in total. The Labute approximate surface area is 162 Å². The molecular formula is C20H24FN3O4. The van der Waals surface area contributed by atoms with Crippen LogP contribution in [0.4, 0.5) is 4.39 Å². The molecule has 7 nitrogen and oxygen atoms in total. The van der Waals surface area contributed by atoms with E-state index in [1.54, 1.807) is 19.1 Å². The van der Waals surface area contributed by atoms with Gasteiger partial charge in [0.1, 0.15) is 11.4 Å². The summed E-state index contributed by atoms with van der Waals surface area (Å²) in [6, 6.07) is 4.53. The minimum absolute atomic E-state index is 0.0547. The van der Waals surface area contributed by atoms with Crippen molar-refractivity contribution < 1.29 is 23.6 Å². The molecule has 1 aliphatic rings. The van der Waals surface area contributed by atoms with Crippen LogP contribution in [0.5, 0.6) is 0 Å². The second-order valence-corrected chi connectivity index (χ2v) is 7.33. The van der Waals surface area contributed by atoms with Crippen LogP contribution in [0.25, 0.3) is 11.4 Å². The Morgan fingerprint density at radius 2 is 1.96 bits per heavy atom. The standard InChI is InChI=1S/C20H24FN3O4/c1-13-12-14(6-7-15(13)21)18-22-17(28-24-18)9-8-16(25)23-20(19(26)27)10-4-2-3-5-11-20/h6-7,12H,2-5,8-11H2,1H3,(H,23,25)(H,26,27). The van der Waals surface area contributed by atoms with Crippen LogP contribution in [0.3, 0.4) is 0 Å². The Bertz CT molecular complexity index is 857. The van der Waals surface area contributed by atoms with Crippen LogP contribution in [0, 0.1) is 12.7 Å². The number of carboxylic acids is 1. The van der Waals surface area contributed by atoms with Crippen molar-refractivity contribution in [3.63, 3.8) is 0 Å². The highest BCUT2D eigenvalue weighted by Gasteiger charge is 2.39. The fourth-order valence-corrected chi connectivity index (χ4v) is 3.53. The van der Waals surface area contributed by atoms with Gasteiger partial charge in [-0.05, 0) is 43.5 Å². The van der Waals surface area contributed by atoms with Crippen molar-refractivity contribution in [2.24, 2.45) is 0 Å². The summed E-state index contributed by atoms with van der Waals surface area (Å²) in [5.41, 5.74) is -0.0774. The molecule has 1 heterocycles. The number of hydrogen-bond acceptors (Lipinski definition) is 5. The summed E-state index contributed by atoms with van der Waals surface area (Å²) in [6.45, 7) is 1.65. The molecule has 28 heavy (non-hydrogen) atoms. The van der Waals surface area contributed by atoms with Crippen LogP contribution in [0.1, 0.15) is 56.4 Å². The van der Waals surface area contributed by atoms with E-state index in [2.05, 4.69) is 15.5 Å². The Kier molecular flexibility index (Phi) is 6.06. The molecule has 2 aromatic rings. The van der Waals surface area contributed by atoms with E-state index >= 15 is 0 Å². The molecule has 3 rings (SSSR count). The maximum absolute atomic E-state index is 13.4. The Hall–Kier alpha value is -2.77. The Morgan fingerprint density at radius 1 is 1.25 bits per heavy atom. The molecule has 1 aliphatic carbocycles. The molecule has 1 aromatic heterocycles. The first-order valence-corrected chi connectivity index (χ1v) is 9.53. The molecule has 1 saturated carbocycles. The number of aliphatic carboxylic acids is 1. The molecule has 8 heteroatoms. The predicted octanol–water partition coefficient (Wildman–Crippen LogP) is 3.41. The van der Waals surface area contributed by atoms with Crippen molar-refractivity contribution in [1.82, 2.24) is 15.5 Å². The molecular weight excluding hydrogens is 365 g/mol. The highest BCUT2D eigenvalue weighted by atomic mass is 19.1. The zero-order valence-corrected chi connectivity index (χ0v) is 15.8. The predicted molar refractivity (Wildman–Crippen MR) is 99.0 cm³/mol. The molecule has 0 aliphatic heterocycles. The number of aromatic nitrogens is 2. The largest absolute Gasteiger partial charge is 0.480 e. The van der Waals surface area contributed by atoms with Crippen LogP contribution >= 0.6 is 0 Å². The van der Waals surface area contributed by atoms with Crippen molar-refractivity contribution in [2.75, 3.05) is 0 Å². The maximum Gasteiger partial charge on any atom is 0.329 e. The minimum Gasteiger partial charge on any atom is -0.480 e. The van der Waals surface area contributed by atoms with Gasteiger partial charge in [-0.1, -0.05) is 30.8 Å². The van der Waals surface area contributed by atoms with Crippen molar-refractivity contribution in [2.45, 2.75) is 63.8 Å². The van der Waals surface area contributed by atoms with Crippen molar-refractivity contribution in [3.8, 4) is 11.4 Å². The normalized spacial score (nSPS) is 16.4. The van der Waals surface area contributed by atoms with E-state index in [-0.39, 0.29) is 30.5 Å². The van der Waals surface area contributed by atoms with Gasteiger partial charge >= 0.3 is 5.97 Å². The number of amides is 1. The average molecular weight is 389 g/mol. The summed E-state index contributed by atoms with van der Waals surface area (Å²) in [7, 11) is 0. The van der Waals surface area contributed by atoms with Gasteiger partial charge in [0.2, 0.25) is 17.6 Å². The van der Waals surface area contributed by atoms with Gasteiger partial charge in [-0.2, -0.15) is 4.98 Å². The van der Waals surface area contributed by atoms with Crippen molar-refractivity contribution in [3.05, 3.63) is 35.5 Å². The lowest BCUT2D eigenvalue weighted by atomic mass is 9.90. The van der Waals surface area contributed by atoms with Crippen LogP contribution in [-0.2, 0) is 16.0 Å². The summed E-state index contributed by atoms with van der Waals surface area (Å²) in [4.78, 5) is 28.4. The first-order valence-electron chi connectivity index (χ1n) is 9.53. The third kappa shape index (κ3) is 4.55. The molecule has 0 saturated heterocycles. The molecule has 1 fully saturated rings. The molecule has 0 radical (unpaired) electrons. The molecule has 150 valence electrons. The number of benzene rings is 1. The lowest BCUT2D eigenvalue weighted by Gasteiger charge is -2.29. The van der Waals surface area contributed by atoms with Crippen LogP contribution in [0.15, 0.2) is 22.7 Å². The van der Waals surface area contributed by atoms with Crippen molar-refractivity contribution in [1.29, 1.82) is 0 Å². The fourth-order valence-electron chi connectivity index (χ4n) is 3.53. The number of hydrogen-bond donors (Lipinski definition) is 2. The van der Waals surface area contributed by atoms with Gasteiger partial charge in [0.15, 0.2) is 0 Å². The minimum atomic E-state index is -1.18. The number of nitrogens with one attached hydrogen (secondary N) is 1. The SMILES string of the molecule is Cc1cc(-c2noc(CCC(=O)NC3(C(=O)O)CCCCCC3)n2)ccc1F. The lowest BCUT2D eigenvalue weighted by Crippen LogP contribution is -2.54. The maximum atomic E-state index is 13.4. The zero-order valence-electron chi connectivity index (χ0n) is 15.8. The van der Waals surface area contributed by atoms with E-state index in [1.807, 2.05) is 0 Å². The molecule has 0 unspecified atom stereocenters. The van der Waals surface area contributed by atoms with E-state index in [0.717, 1.165) is 25.7 Å². The first-order chi connectivity index (χ1) is 13.4. The van der Waals surface area contributed by atoms with E-state index in [4.69, 9.17) is 4.52 Å². The number of aryl methyl sites for hydroxylation is 2. The summed E-state index contributed by atoms with van der Waals surface area (Å²) in [5.74, 6) is -1.03. The van der Waals surface area contributed by atoms with Gasteiger partial charge in [0.25, 0.3) is 0 Å². The second kappa shape index (κ2) is 8.50. The quantitative estimate of drug-likeness (QED) is 0.734. The molecule has 1 aromatic carbocycles. The number of carbonyl (C=O) groups excluding carboxylic acids is 1. The highest BCUT2D eigenvalue weighted by Crippen LogP contribution is 2.28. The molecule has 0 bridgehead atoms. The second-order valence-electron chi connectivity index (χ2n) is 7.33. The lowest BCUT2D eigenvalue weighted by molar-refractivity contribution is -0.148. The molecule has 0 atom stereocenters. The van der Waals surface area contributed by atoms with Crippen molar-refractivity contribution >= 4 is 11.9 Å². The summed E-state index contributed by atoms with van der Waals surface area (Å²) < 4.78 is 18.6. The average Bonchev–Trinajstić information content (AvgIpc) is 3.01. The smallest absolute Gasteiger partial charge is 0.329 e. The summed E-state index contributed by atoms with van der Waals surface area (Å²) >= 11 is 0. The highest BCUT2D eigenvalue weighted by molar-refractivity contribution is 5.87. The van der Waals surface area contributed by atoms with E-state index in [9.17, 15) is 19.1 Å². The number of rotatable bonds is 6. The van der Waals surface area contributed by atoms with Crippen LogP contribution < -0.4 is 5.32 Å². The number of nitrogens with zero attached hydrogens (tertiary/aromatic N) is 2. The third-order valence-corrected chi connectivity index (χ3v) is 5.20.